The summed E-state index contributed by atoms with van der Waals surface area (Å²) < 4.78 is 0. The lowest BCUT2D eigenvalue weighted by atomic mass is 9.90. The van der Waals surface area contributed by atoms with E-state index in [0.717, 1.165) is 32.4 Å². The van der Waals surface area contributed by atoms with Gasteiger partial charge in [-0.2, -0.15) is 0 Å². The number of piperidine rings is 1. The van der Waals surface area contributed by atoms with Gasteiger partial charge in [-0.25, -0.2) is 0 Å². The fourth-order valence-corrected chi connectivity index (χ4v) is 3.65. The molecule has 2 heterocycles. The summed E-state index contributed by atoms with van der Waals surface area (Å²) in [6.45, 7) is 6.95. The van der Waals surface area contributed by atoms with Crippen molar-refractivity contribution in [3.63, 3.8) is 0 Å². The smallest absolute Gasteiger partial charge is 0.245 e. The van der Waals surface area contributed by atoms with Gasteiger partial charge in [0.05, 0.1) is 0 Å². The van der Waals surface area contributed by atoms with Crippen LogP contribution in [0.4, 0.5) is 0 Å². The average Bonchev–Trinajstić information content (AvgIpc) is 3.06. The molecule has 1 aliphatic carbocycles. The highest BCUT2D eigenvalue weighted by Crippen LogP contribution is 2.59. The Morgan fingerprint density at radius 3 is 2.55 bits per heavy atom. The first-order chi connectivity index (χ1) is 8.97. The SMILES string of the molecule is CC1(C)C(=O)NCCN1C(=O)C1CC12CCNCC2.Cl. The van der Waals surface area contributed by atoms with Crippen LogP contribution in [0.2, 0.25) is 0 Å². The Hall–Kier alpha value is -0.810. The molecule has 1 spiro atoms. The molecule has 5 nitrogen and oxygen atoms in total. The van der Waals surface area contributed by atoms with Gasteiger partial charge in [0.25, 0.3) is 0 Å². The first kappa shape index (κ1) is 15.6. The number of piperazine rings is 1. The van der Waals surface area contributed by atoms with E-state index in [1.165, 1.54) is 0 Å². The van der Waals surface area contributed by atoms with Gasteiger partial charge >= 0.3 is 0 Å². The molecule has 0 aromatic rings. The van der Waals surface area contributed by atoms with Gasteiger partial charge in [0.15, 0.2) is 0 Å². The molecular weight excluding hydrogens is 278 g/mol. The normalized spacial score (nSPS) is 30.4. The monoisotopic (exact) mass is 301 g/mol. The molecule has 3 rings (SSSR count). The van der Waals surface area contributed by atoms with Gasteiger partial charge in [-0.1, -0.05) is 0 Å². The van der Waals surface area contributed by atoms with E-state index in [1.807, 2.05) is 13.8 Å². The predicted octanol–water partition coefficient (Wildman–Crippen LogP) is 0.535. The number of amides is 2. The van der Waals surface area contributed by atoms with E-state index in [1.54, 1.807) is 4.90 Å². The van der Waals surface area contributed by atoms with Crippen LogP contribution in [0.15, 0.2) is 0 Å². The summed E-state index contributed by atoms with van der Waals surface area (Å²) in [7, 11) is 0. The zero-order valence-corrected chi connectivity index (χ0v) is 13.0. The first-order valence-electron chi connectivity index (χ1n) is 7.28. The molecule has 2 amide bonds. The highest BCUT2D eigenvalue weighted by Gasteiger charge is 2.60. The van der Waals surface area contributed by atoms with Crippen molar-refractivity contribution in [1.82, 2.24) is 15.5 Å². The summed E-state index contributed by atoms with van der Waals surface area (Å²) in [5.74, 6) is 0.314. The van der Waals surface area contributed by atoms with Crippen molar-refractivity contribution in [3.05, 3.63) is 0 Å². The molecule has 2 aliphatic heterocycles. The van der Waals surface area contributed by atoms with Crippen LogP contribution in [0.5, 0.6) is 0 Å². The van der Waals surface area contributed by atoms with Crippen molar-refractivity contribution in [2.24, 2.45) is 11.3 Å². The average molecular weight is 302 g/mol. The summed E-state index contributed by atoms with van der Waals surface area (Å²) in [5, 5.41) is 6.20. The molecule has 6 heteroatoms. The van der Waals surface area contributed by atoms with Gasteiger partial charge in [0.1, 0.15) is 5.54 Å². The van der Waals surface area contributed by atoms with E-state index in [2.05, 4.69) is 10.6 Å². The number of rotatable bonds is 1. The summed E-state index contributed by atoms with van der Waals surface area (Å²) in [6.07, 6.45) is 3.22. The maximum atomic E-state index is 12.7. The molecule has 20 heavy (non-hydrogen) atoms. The van der Waals surface area contributed by atoms with Crippen molar-refractivity contribution in [1.29, 1.82) is 0 Å². The second kappa shape index (κ2) is 5.19. The van der Waals surface area contributed by atoms with Crippen molar-refractivity contribution in [2.75, 3.05) is 26.2 Å². The van der Waals surface area contributed by atoms with Crippen molar-refractivity contribution in [3.8, 4) is 0 Å². The number of nitrogens with one attached hydrogen (secondary N) is 2. The topological polar surface area (TPSA) is 61.4 Å². The first-order valence-corrected chi connectivity index (χ1v) is 7.28. The molecule has 3 fully saturated rings. The van der Waals surface area contributed by atoms with E-state index in [0.29, 0.717) is 13.1 Å². The van der Waals surface area contributed by atoms with Crippen LogP contribution in [0, 0.1) is 11.3 Å². The lowest BCUT2D eigenvalue weighted by molar-refractivity contribution is -0.150. The molecule has 1 atom stereocenters. The summed E-state index contributed by atoms with van der Waals surface area (Å²) in [6, 6.07) is 0. The lowest BCUT2D eigenvalue weighted by Gasteiger charge is -2.41. The van der Waals surface area contributed by atoms with Crippen molar-refractivity contribution >= 4 is 24.2 Å². The molecule has 114 valence electrons. The Morgan fingerprint density at radius 1 is 1.25 bits per heavy atom. The van der Waals surface area contributed by atoms with Gasteiger partial charge in [-0.15, -0.1) is 12.4 Å². The standard InChI is InChI=1S/C14H23N3O2.ClH/c1-13(2)12(19)16-7-8-17(13)11(18)10-9-14(10)3-5-15-6-4-14;/h10,15H,3-9H2,1-2H3,(H,16,19);1H. The predicted molar refractivity (Wildman–Crippen MR) is 78.7 cm³/mol. The Labute approximate surface area is 126 Å². The van der Waals surface area contributed by atoms with Gasteiger partial charge in [-0.3, -0.25) is 9.59 Å². The van der Waals surface area contributed by atoms with Crippen LogP contribution >= 0.6 is 12.4 Å². The van der Waals surface area contributed by atoms with Gasteiger partial charge in [0.2, 0.25) is 11.8 Å². The zero-order valence-electron chi connectivity index (χ0n) is 12.2. The molecular formula is C14H24ClN3O2. The molecule has 2 saturated heterocycles. The maximum Gasteiger partial charge on any atom is 0.245 e. The molecule has 1 saturated carbocycles. The number of hydrogen-bond donors (Lipinski definition) is 2. The van der Waals surface area contributed by atoms with Crippen LogP contribution < -0.4 is 10.6 Å². The van der Waals surface area contributed by atoms with E-state index in [4.69, 9.17) is 0 Å². The van der Waals surface area contributed by atoms with Crippen LogP contribution in [0.3, 0.4) is 0 Å². The molecule has 3 aliphatic rings. The van der Waals surface area contributed by atoms with Crippen LogP contribution in [-0.4, -0.2) is 48.4 Å². The van der Waals surface area contributed by atoms with E-state index >= 15 is 0 Å². The summed E-state index contributed by atoms with van der Waals surface area (Å²) >= 11 is 0. The maximum absolute atomic E-state index is 12.7. The van der Waals surface area contributed by atoms with Crippen LogP contribution in [-0.2, 0) is 9.59 Å². The Kier molecular flexibility index (Phi) is 4.04. The molecule has 1 unspecified atom stereocenters. The highest BCUT2D eigenvalue weighted by atomic mass is 35.5. The minimum Gasteiger partial charge on any atom is -0.352 e. The quantitative estimate of drug-likeness (QED) is 0.743. The largest absolute Gasteiger partial charge is 0.352 e. The van der Waals surface area contributed by atoms with E-state index in [9.17, 15) is 9.59 Å². The number of halogens is 1. The number of hydrogen-bond acceptors (Lipinski definition) is 3. The molecule has 0 aromatic heterocycles. The third-order valence-electron chi connectivity index (χ3n) is 5.20. The Morgan fingerprint density at radius 2 is 1.90 bits per heavy atom. The lowest BCUT2D eigenvalue weighted by Crippen LogP contribution is -2.63. The minimum atomic E-state index is -0.702. The van der Waals surface area contributed by atoms with Crippen LogP contribution in [0.25, 0.3) is 0 Å². The number of nitrogens with zero attached hydrogens (tertiary/aromatic N) is 1. The highest BCUT2D eigenvalue weighted by molar-refractivity contribution is 5.93. The molecule has 0 radical (unpaired) electrons. The summed E-state index contributed by atoms with van der Waals surface area (Å²) in [5.41, 5.74) is -0.460. The van der Waals surface area contributed by atoms with Crippen LogP contribution in [0.1, 0.15) is 33.1 Å². The second-order valence-corrected chi connectivity index (χ2v) is 6.67. The summed E-state index contributed by atoms with van der Waals surface area (Å²) in [4.78, 5) is 26.4. The van der Waals surface area contributed by atoms with Gasteiger partial charge < -0.3 is 15.5 Å². The van der Waals surface area contributed by atoms with Gasteiger partial charge in [-0.05, 0) is 51.6 Å². The Bertz CT molecular complexity index is 419. The molecule has 0 aromatic carbocycles. The minimum absolute atomic E-state index is 0. The Balaban J connectivity index is 0.00000147. The van der Waals surface area contributed by atoms with E-state index < -0.39 is 5.54 Å². The van der Waals surface area contributed by atoms with Crippen molar-refractivity contribution in [2.45, 2.75) is 38.6 Å². The van der Waals surface area contributed by atoms with Gasteiger partial charge in [0, 0.05) is 19.0 Å². The zero-order chi connectivity index (χ0) is 13.7. The molecule has 0 bridgehead atoms. The van der Waals surface area contributed by atoms with E-state index in [-0.39, 0.29) is 35.6 Å². The fourth-order valence-electron chi connectivity index (χ4n) is 3.65. The third-order valence-corrected chi connectivity index (χ3v) is 5.20. The fraction of sp³-hybridized carbons (Fsp3) is 0.857. The number of carbonyl (C=O) groups is 2. The third kappa shape index (κ3) is 2.31. The molecule has 2 N–H and O–H groups in total. The number of carbonyl (C=O) groups excluding carboxylic acids is 2. The second-order valence-electron chi connectivity index (χ2n) is 6.67. The van der Waals surface area contributed by atoms with Crippen molar-refractivity contribution < 1.29 is 9.59 Å².